The molecule has 4 aromatic rings. The molecule has 0 fully saturated rings. The van der Waals surface area contributed by atoms with Crippen molar-refractivity contribution in [3.63, 3.8) is 0 Å². The summed E-state index contributed by atoms with van der Waals surface area (Å²) in [5.74, 6) is 0. The van der Waals surface area contributed by atoms with Gasteiger partial charge in [0.05, 0.1) is 32.2 Å². The highest BCUT2D eigenvalue weighted by Gasteiger charge is 2.09. The summed E-state index contributed by atoms with van der Waals surface area (Å²) >= 11 is 22.8. The van der Waals surface area contributed by atoms with Crippen LogP contribution in [0.25, 0.3) is 21.8 Å². The summed E-state index contributed by atoms with van der Waals surface area (Å²) in [6, 6.07) is 2.99. The summed E-state index contributed by atoms with van der Waals surface area (Å²) in [4.78, 5) is 40.7. The van der Waals surface area contributed by atoms with Gasteiger partial charge in [-0.05, 0) is 0 Å². The van der Waals surface area contributed by atoms with Crippen LogP contribution < -0.4 is 11.1 Å². The van der Waals surface area contributed by atoms with Crippen molar-refractivity contribution in [3.05, 3.63) is 66.1 Å². The van der Waals surface area contributed by atoms with Crippen molar-refractivity contribution in [2.45, 2.75) is 0 Å². The average Bonchev–Trinajstić information content (AvgIpc) is 2.65. The molecule has 29 heavy (non-hydrogen) atoms. The Kier molecular flexibility index (Phi) is 7.32. The Labute approximate surface area is 183 Å². The van der Waals surface area contributed by atoms with Gasteiger partial charge in [-0.2, -0.15) is 0 Å². The lowest BCUT2D eigenvalue weighted by atomic mass is 10.3. The predicted octanol–water partition coefficient (Wildman–Crippen LogP) is 3.85. The molecule has 4 aromatic heterocycles. The van der Waals surface area contributed by atoms with E-state index in [2.05, 4.69) is 24.9 Å². The van der Waals surface area contributed by atoms with Gasteiger partial charge in [-0.1, -0.05) is 46.4 Å². The number of rotatable bonds is 0. The molecule has 4 heterocycles. The molecule has 8 nitrogen and oxygen atoms in total. The number of aryl methyl sites for hydroxylation is 1. The number of hydrogen-bond acceptors (Lipinski definition) is 6. The van der Waals surface area contributed by atoms with E-state index in [0.717, 1.165) is 0 Å². The Morgan fingerprint density at radius 3 is 2.10 bits per heavy atom. The first kappa shape index (κ1) is 21.4. The molecule has 4 rings (SSSR count). The van der Waals surface area contributed by atoms with E-state index < -0.39 is 7.15 Å². The summed E-state index contributed by atoms with van der Waals surface area (Å²) in [5.41, 5.74) is 0.343. The highest BCUT2D eigenvalue weighted by atomic mass is 35.5. The molecule has 0 aliphatic rings. The third kappa shape index (κ3) is 5.18. The minimum absolute atomic E-state index is 0.0665. The first-order valence-electron chi connectivity index (χ1n) is 8.12. The number of hydrogen-bond donors (Lipinski definition) is 1. The standard InChI is InChI=1S/C8H5Cl2N3O.C7H3Cl2N3O.CH3F/c1-13-3-11-4-2-5(9)12-7(10)6(4)8(13)14;8-4-1-3-5(6(9)12-4)7(13)11-2-10-3;1-2/h2-3H,1H3;1-2H,(H,10,11,13);1H3/i;;1D. The maximum atomic E-state index is 11.6. The third-order valence-electron chi connectivity index (χ3n) is 3.38. The van der Waals surface area contributed by atoms with Crippen LogP contribution in [-0.2, 0) is 7.05 Å². The number of aromatic nitrogens is 6. The van der Waals surface area contributed by atoms with E-state index in [1.165, 1.54) is 29.4 Å². The van der Waals surface area contributed by atoms with Crippen LogP contribution in [0.2, 0.25) is 20.6 Å². The van der Waals surface area contributed by atoms with Crippen LogP contribution >= 0.6 is 46.4 Å². The van der Waals surface area contributed by atoms with Crippen LogP contribution in [0.4, 0.5) is 4.39 Å². The molecule has 0 aromatic carbocycles. The molecular formula is C16H11Cl4FN6O2. The van der Waals surface area contributed by atoms with E-state index in [0.29, 0.717) is 16.4 Å². The van der Waals surface area contributed by atoms with Crippen molar-refractivity contribution >= 4 is 68.2 Å². The van der Waals surface area contributed by atoms with Gasteiger partial charge in [0.1, 0.15) is 31.4 Å². The topological polar surface area (TPSA) is 106 Å². The Balaban J connectivity index is 0.000000190. The minimum atomic E-state index is -1.00. The van der Waals surface area contributed by atoms with Crippen molar-refractivity contribution in [1.82, 2.24) is 29.5 Å². The molecule has 0 saturated heterocycles. The zero-order valence-electron chi connectivity index (χ0n) is 15.5. The number of H-pyrrole nitrogens is 1. The Morgan fingerprint density at radius 1 is 1.00 bits per heavy atom. The maximum Gasteiger partial charge on any atom is 0.264 e. The van der Waals surface area contributed by atoms with Crippen molar-refractivity contribution in [2.24, 2.45) is 7.05 Å². The number of alkyl halides is 1. The van der Waals surface area contributed by atoms with Crippen molar-refractivity contribution in [2.75, 3.05) is 7.15 Å². The van der Waals surface area contributed by atoms with Gasteiger partial charge in [-0.25, -0.2) is 19.9 Å². The fourth-order valence-electron chi connectivity index (χ4n) is 2.17. The van der Waals surface area contributed by atoms with E-state index in [4.69, 9.17) is 47.8 Å². The lowest BCUT2D eigenvalue weighted by molar-refractivity contribution is 0.636. The molecule has 0 aliphatic heterocycles. The number of nitrogens with one attached hydrogen (secondary N) is 1. The van der Waals surface area contributed by atoms with Gasteiger partial charge in [0, 0.05) is 19.2 Å². The molecule has 0 aliphatic carbocycles. The van der Waals surface area contributed by atoms with Crippen LogP contribution in [0.1, 0.15) is 1.37 Å². The number of pyridine rings is 2. The summed E-state index contributed by atoms with van der Waals surface area (Å²) in [6.07, 6.45) is 2.70. The zero-order valence-corrected chi connectivity index (χ0v) is 17.5. The van der Waals surface area contributed by atoms with Crippen molar-refractivity contribution < 1.29 is 5.76 Å². The van der Waals surface area contributed by atoms with E-state index in [9.17, 15) is 14.0 Å². The predicted molar refractivity (Wildman–Crippen MR) is 112 cm³/mol. The summed E-state index contributed by atoms with van der Waals surface area (Å²) in [7, 11) is 0.597. The number of halogens is 5. The maximum absolute atomic E-state index is 11.6. The van der Waals surface area contributed by atoms with Gasteiger partial charge in [-0.15, -0.1) is 0 Å². The Hall–Kier alpha value is -2.33. The molecule has 0 saturated carbocycles. The first-order chi connectivity index (χ1) is 14.2. The Bertz CT molecular complexity index is 1320. The van der Waals surface area contributed by atoms with Crippen LogP contribution in [0.3, 0.4) is 0 Å². The fraction of sp³-hybridized carbons (Fsp3) is 0.125. The van der Waals surface area contributed by atoms with Gasteiger partial charge >= 0.3 is 0 Å². The van der Waals surface area contributed by atoms with E-state index in [1.807, 2.05) is 0 Å². The number of nitrogens with zero attached hydrogens (tertiary/aromatic N) is 5. The molecule has 0 spiro atoms. The second-order valence-electron chi connectivity index (χ2n) is 5.15. The fourth-order valence-corrected chi connectivity index (χ4v) is 3.17. The van der Waals surface area contributed by atoms with E-state index in [1.54, 1.807) is 7.05 Å². The molecule has 152 valence electrons. The van der Waals surface area contributed by atoms with Gasteiger partial charge in [0.15, 0.2) is 0 Å². The summed E-state index contributed by atoms with van der Waals surface area (Å²) in [5, 5.41) is 1.14. The summed E-state index contributed by atoms with van der Waals surface area (Å²) in [6.45, 7) is 0. The largest absolute Gasteiger partial charge is 0.313 e. The molecule has 0 amide bonds. The molecule has 0 unspecified atom stereocenters. The third-order valence-corrected chi connectivity index (χ3v) is 4.31. The highest BCUT2D eigenvalue weighted by molar-refractivity contribution is 6.36. The SMILES string of the molecule is Cn1cnc2cc(Cl)nc(Cl)c2c1=O.O=c1[nH]cnc2cc(Cl)nc(Cl)c12.[2H]CF. The van der Waals surface area contributed by atoms with E-state index >= 15 is 0 Å². The number of aromatic amines is 1. The lowest BCUT2D eigenvalue weighted by Crippen LogP contribution is -2.17. The Morgan fingerprint density at radius 2 is 1.52 bits per heavy atom. The number of fused-ring (bicyclic) bond motifs is 2. The lowest BCUT2D eigenvalue weighted by Gasteiger charge is -2.01. The normalized spacial score (nSPS) is 10.6. The van der Waals surface area contributed by atoms with Gasteiger partial charge < -0.3 is 9.55 Å². The molecule has 1 N–H and O–H groups in total. The first-order valence-corrected chi connectivity index (χ1v) is 8.92. The second-order valence-corrected chi connectivity index (χ2v) is 6.64. The molecule has 13 heteroatoms. The van der Waals surface area contributed by atoms with Crippen molar-refractivity contribution in [1.29, 1.82) is 0 Å². The molecule has 0 bridgehead atoms. The van der Waals surface area contributed by atoms with Crippen molar-refractivity contribution in [3.8, 4) is 0 Å². The highest BCUT2D eigenvalue weighted by Crippen LogP contribution is 2.20. The monoisotopic (exact) mass is 479 g/mol. The van der Waals surface area contributed by atoms with Crippen LogP contribution in [0.15, 0.2) is 34.4 Å². The van der Waals surface area contributed by atoms with Crippen LogP contribution in [0, 0.1) is 0 Å². The van der Waals surface area contributed by atoms with Gasteiger partial charge in [-0.3, -0.25) is 14.0 Å². The van der Waals surface area contributed by atoms with Gasteiger partial charge in [0.25, 0.3) is 11.1 Å². The minimum Gasteiger partial charge on any atom is -0.313 e. The van der Waals surface area contributed by atoms with Crippen LogP contribution in [0.5, 0.6) is 0 Å². The summed E-state index contributed by atoms with van der Waals surface area (Å²) < 4.78 is 16.8. The zero-order chi connectivity index (χ0) is 22.4. The smallest absolute Gasteiger partial charge is 0.264 e. The average molecular weight is 481 g/mol. The van der Waals surface area contributed by atoms with E-state index in [-0.39, 0.29) is 37.1 Å². The van der Waals surface area contributed by atoms with Gasteiger partial charge in [0.2, 0.25) is 0 Å². The quantitative estimate of drug-likeness (QED) is 0.383. The molecular weight excluding hydrogens is 469 g/mol. The second kappa shape index (κ2) is 9.93. The van der Waals surface area contributed by atoms with Crippen LogP contribution in [-0.4, -0.2) is 36.6 Å². The molecule has 0 atom stereocenters. The molecule has 0 radical (unpaired) electrons.